The van der Waals surface area contributed by atoms with Crippen LogP contribution in [0.2, 0.25) is 0 Å². The minimum absolute atomic E-state index is 0.516. The van der Waals surface area contributed by atoms with Crippen LogP contribution >= 0.6 is 0 Å². The van der Waals surface area contributed by atoms with Crippen molar-refractivity contribution < 1.29 is 4.74 Å². The van der Waals surface area contributed by atoms with E-state index in [-0.39, 0.29) is 0 Å². The van der Waals surface area contributed by atoms with Gasteiger partial charge in [-0.3, -0.25) is 0 Å². The van der Waals surface area contributed by atoms with Crippen molar-refractivity contribution in [3.8, 4) is 0 Å². The number of imidazole rings is 1. The summed E-state index contributed by atoms with van der Waals surface area (Å²) in [6.07, 6.45) is 7.49. The van der Waals surface area contributed by atoms with Gasteiger partial charge in [-0.2, -0.15) is 0 Å². The quantitative estimate of drug-likeness (QED) is 0.712. The lowest BCUT2D eigenvalue weighted by Gasteiger charge is -2.14. The van der Waals surface area contributed by atoms with Gasteiger partial charge in [0.25, 0.3) is 0 Å². The lowest BCUT2D eigenvalue weighted by Crippen LogP contribution is -2.25. The third-order valence-corrected chi connectivity index (χ3v) is 3.14. The number of H-pyrrole nitrogens is 1. The van der Waals surface area contributed by atoms with Crippen LogP contribution in [0.25, 0.3) is 0 Å². The summed E-state index contributed by atoms with van der Waals surface area (Å²) in [5.41, 5.74) is 0.516. The van der Waals surface area contributed by atoms with Crippen molar-refractivity contribution in [1.82, 2.24) is 15.3 Å². The van der Waals surface area contributed by atoms with Crippen LogP contribution in [0.3, 0.4) is 0 Å². The molecule has 1 aromatic heterocycles. The van der Waals surface area contributed by atoms with Gasteiger partial charge in [0.05, 0.1) is 6.54 Å². The van der Waals surface area contributed by atoms with Crippen molar-refractivity contribution in [2.45, 2.75) is 25.8 Å². The molecule has 84 valence electrons. The summed E-state index contributed by atoms with van der Waals surface area (Å²) in [5.74, 6) is 1.01. The van der Waals surface area contributed by atoms with E-state index < -0.39 is 0 Å². The summed E-state index contributed by atoms with van der Waals surface area (Å²) in [5, 5.41) is 3.45. The van der Waals surface area contributed by atoms with Gasteiger partial charge < -0.3 is 15.0 Å². The molecule has 0 unspecified atom stereocenters. The van der Waals surface area contributed by atoms with Crippen LogP contribution in [0.15, 0.2) is 12.4 Å². The minimum Gasteiger partial charge on any atom is -0.385 e. The van der Waals surface area contributed by atoms with E-state index in [9.17, 15) is 0 Å². The Morgan fingerprint density at radius 3 is 3.07 bits per heavy atom. The van der Waals surface area contributed by atoms with Crippen LogP contribution in [0.1, 0.15) is 25.1 Å². The highest BCUT2D eigenvalue weighted by Gasteiger charge is 2.41. The second-order valence-corrected chi connectivity index (χ2v) is 4.38. The van der Waals surface area contributed by atoms with Crippen molar-refractivity contribution in [2.75, 3.05) is 20.3 Å². The Bertz CT molecular complexity index is 280. The number of rotatable bonds is 7. The first-order valence-electron chi connectivity index (χ1n) is 5.53. The monoisotopic (exact) mass is 209 g/mol. The van der Waals surface area contributed by atoms with E-state index in [1.165, 1.54) is 19.3 Å². The van der Waals surface area contributed by atoms with Gasteiger partial charge in [-0.25, -0.2) is 4.98 Å². The highest BCUT2D eigenvalue weighted by Crippen LogP contribution is 2.48. The molecule has 0 radical (unpaired) electrons. The molecule has 0 amide bonds. The largest absolute Gasteiger partial charge is 0.385 e. The Balaban J connectivity index is 1.65. The molecule has 2 rings (SSSR count). The maximum Gasteiger partial charge on any atom is 0.120 e. The molecule has 1 aromatic rings. The summed E-state index contributed by atoms with van der Waals surface area (Å²) in [7, 11) is 1.77. The minimum atomic E-state index is 0.516. The van der Waals surface area contributed by atoms with E-state index in [2.05, 4.69) is 15.3 Å². The van der Waals surface area contributed by atoms with Crippen LogP contribution in [0.5, 0.6) is 0 Å². The van der Waals surface area contributed by atoms with Gasteiger partial charge in [0.15, 0.2) is 0 Å². The summed E-state index contributed by atoms with van der Waals surface area (Å²) >= 11 is 0. The van der Waals surface area contributed by atoms with Gasteiger partial charge in [0.1, 0.15) is 5.82 Å². The number of nitrogens with zero attached hydrogens (tertiary/aromatic N) is 1. The van der Waals surface area contributed by atoms with Crippen LogP contribution < -0.4 is 5.32 Å². The Kier molecular flexibility index (Phi) is 3.38. The molecule has 4 heteroatoms. The molecule has 0 aliphatic heterocycles. The average Bonchev–Trinajstić information content (AvgIpc) is 2.81. The maximum absolute atomic E-state index is 5.12. The molecule has 15 heavy (non-hydrogen) atoms. The lowest BCUT2D eigenvalue weighted by atomic mass is 10.0. The second-order valence-electron chi connectivity index (χ2n) is 4.38. The number of ether oxygens (including phenoxy) is 1. The van der Waals surface area contributed by atoms with Gasteiger partial charge >= 0.3 is 0 Å². The lowest BCUT2D eigenvalue weighted by molar-refractivity contribution is 0.171. The average molecular weight is 209 g/mol. The number of hydrogen-bond donors (Lipinski definition) is 2. The molecule has 1 aliphatic rings. The molecular weight excluding hydrogens is 190 g/mol. The van der Waals surface area contributed by atoms with E-state index in [1.807, 2.05) is 6.20 Å². The first kappa shape index (κ1) is 10.6. The van der Waals surface area contributed by atoms with E-state index in [0.29, 0.717) is 5.41 Å². The molecular formula is C11H19N3O. The molecule has 1 saturated carbocycles. The fourth-order valence-corrected chi connectivity index (χ4v) is 1.85. The normalized spacial score (nSPS) is 17.9. The second kappa shape index (κ2) is 4.77. The summed E-state index contributed by atoms with van der Waals surface area (Å²) in [4.78, 5) is 7.26. The highest BCUT2D eigenvalue weighted by molar-refractivity contribution is 4.95. The fraction of sp³-hybridized carbons (Fsp3) is 0.727. The van der Waals surface area contributed by atoms with Crippen molar-refractivity contribution >= 4 is 0 Å². The molecule has 0 spiro atoms. The third kappa shape index (κ3) is 3.04. The molecule has 1 heterocycles. The van der Waals surface area contributed by atoms with E-state index >= 15 is 0 Å². The van der Waals surface area contributed by atoms with Gasteiger partial charge in [-0.05, 0) is 24.7 Å². The number of nitrogens with one attached hydrogen (secondary N) is 2. The van der Waals surface area contributed by atoms with Crippen LogP contribution in [-0.2, 0) is 11.3 Å². The maximum atomic E-state index is 5.12. The van der Waals surface area contributed by atoms with E-state index in [1.54, 1.807) is 13.3 Å². The summed E-state index contributed by atoms with van der Waals surface area (Å²) < 4.78 is 5.12. The zero-order valence-electron chi connectivity index (χ0n) is 9.25. The Hall–Kier alpha value is -0.870. The SMILES string of the molecule is COCCC1(CNCc2ncc[nH]2)CC1. The van der Waals surface area contributed by atoms with Crippen molar-refractivity contribution in [1.29, 1.82) is 0 Å². The molecule has 1 fully saturated rings. The molecule has 1 aliphatic carbocycles. The molecule has 0 saturated heterocycles. The third-order valence-electron chi connectivity index (χ3n) is 3.14. The van der Waals surface area contributed by atoms with Gasteiger partial charge in [-0.1, -0.05) is 0 Å². The predicted octanol–water partition coefficient (Wildman–Crippen LogP) is 1.32. The van der Waals surface area contributed by atoms with E-state index in [4.69, 9.17) is 4.74 Å². The summed E-state index contributed by atoms with van der Waals surface area (Å²) in [6, 6.07) is 0. The molecule has 0 atom stereocenters. The number of hydrogen-bond acceptors (Lipinski definition) is 3. The Morgan fingerprint density at radius 1 is 1.60 bits per heavy atom. The number of aromatic amines is 1. The Labute approximate surface area is 90.4 Å². The van der Waals surface area contributed by atoms with Gasteiger partial charge in [0.2, 0.25) is 0 Å². The molecule has 2 N–H and O–H groups in total. The first-order valence-corrected chi connectivity index (χ1v) is 5.53. The highest BCUT2D eigenvalue weighted by atomic mass is 16.5. The van der Waals surface area contributed by atoms with Crippen LogP contribution in [-0.4, -0.2) is 30.2 Å². The number of methoxy groups -OCH3 is 1. The smallest absolute Gasteiger partial charge is 0.120 e. The molecule has 0 aromatic carbocycles. The number of aromatic nitrogens is 2. The standard InChI is InChI=1S/C11H19N3O/c1-15-7-4-11(2-3-11)9-12-8-10-13-5-6-14-10/h5-6,12H,2-4,7-9H2,1H3,(H,13,14). The van der Waals surface area contributed by atoms with Gasteiger partial charge in [-0.15, -0.1) is 0 Å². The molecule has 4 nitrogen and oxygen atoms in total. The van der Waals surface area contributed by atoms with Gasteiger partial charge in [0, 0.05) is 32.7 Å². The molecule has 0 bridgehead atoms. The zero-order valence-corrected chi connectivity index (χ0v) is 9.25. The Morgan fingerprint density at radius 2 is 2.47 bits per heavy atom. The summed E-state index contributed by atoms with van der Waals surface area (Å²) in [6.45, 7) is 2.79. The van der Waals surface area contributed by atoms with Crippen molar-refractivity contribution in [2.24, 2.45) is 5.41 Å². The van der Waals surface area contributed by atoms with Crippen LogP contribution in [0, 0.1) is 5.41 Å². The van der Waals surface area contributed by atoms with Crippen molar-refractivity contribution in [3.63, 3.8) is 0 Å². The van der Waals surface area contributed by atoms with Crippen LogP contribution in [0.4, 0.5) is 0 Å². The van der Waals surface area contributed by atoms with Crippen molar-refractivity contribution in [3.05, 3.63) is 18.2 Å². The topological polar surface area (TPSA) is 49.9 Å². The predicted molar refractivity (Wildman–Crippen MR) is 58.5 cm³/mol. The van der Waals surface area contributed by atoms with E-state index in [0.717, 1.165) is 25.5 Å². The zero-order chi connectivity index (χ0) is 10.6. The fourth-order valence-electron chi connectivity index (χ4n) is 1.85. The first-order chi connectivity index (χ1) is 7.35.